The molecule has 0 amide bonds. The van der Waals surface area contributed by atoms with Gasteiger partial charge in [-0.05, 0) is 58.9 Å². The molecule has 1 heterocycles. The molecule has 3 nitrogen and oxygen atoms in total. The van der Waals surface area contributed by atoms with Crippen LogP contribution in [0.5, 0.6) is 0 Å². The van der Waals surface area contributed by atoms with E-state index in [-0.39, 0.29) is 5.54 Å². The Labute approximate surface area is 143 Å². The lowest BCUT2D eigenvalue weighted by molar-refractivity contribution is 0.0825. The van der Waals surface area contributed by atoms with Crippen molar-refractivity contribution < 1.29 is 4.52 Å². The second-order valence-electron chi connectivity index (χ2n) is 8.45. The highest BCUT2D eigenvalue weighted by Gasteiger charge is 2.29. The molecule has 1 aromatic heterocycles. The third-order valence-corrected chi connectivity index (χ3v) is 5.23. The van der Waals surface area contributed by atoms with E-state index in [1.807, 2.05) is 6.92 Å². The van der Waals surface area contributed by atoms with Gasteiger partial charge in [-0.3, -0.25) is 4.90 Å². The van der Waals surface area contributed by atoms with E-state index in [0.717, 1.165) is 24.5 Å². The van der Waals surface area contributed by atoms with Gasteiger partial charge in [0.2, 0.25) is 0 Å². The maximum absolute atomic E-state index is 5.38. The topological polar surface area (TPSA) is 29.3 Å². The minimum Gasteiger partial charge on any atom is -0.361 e. The van der Waals surface area contributed by atoms with Crippen LogP contribution < -0.4 is 0 Å². The van der Waals surface area contributed by atoms with Crippen LogP contribution in [0.4, 0.5) is 0 Å². The molecule has 1 aromatic rings. The summed E-state index contributed by atoms with van der Waals surface area (Å²) in [5, 5.41) is 4.13. The molecule has 0 aliphatic heterocycles. The zero-order valence-electron chi connectivity index (χ0n) is 16.8. The number of aryl methyl sites for hydroxylation is 2. The monoisotopic (exact) mass is 322 g/mol. The molecule has 3 heteroatoms. The molecule has 0 radical (unpaired) electrons. The van der Waals surface area contributed by atoms with Gasteiger partial charge in [0.15, 0.2) is 0 Å². The van der Waals surface area contributed by atoms with E-state index in [1.54, 1.807) is 0 Å². The summed E-state index contributed by atoms with van der Waals surface area (Å²) in [6, 6.07) is 0. The lowest BCUT2D eigenvalue weighted by Gasteiger charge is -2.40. The van der Waals surface area contributed by atoms with Gasteiger partial charge in [0, 0.05) is 17.6 Å². The summed E-state index contributed by atoms with van der Waals surface area (Å²) in [6.45, 7) is 20.3. The van der Waals surface area contributed by atoms with E-state index >= 15 is 0 Å². The van der Waals surface area contributed by atoms with Gasteiger partial charge >= 0.3 is 0 Å². The largest absolute Gasteiger partial charge is 0.361 e. The van der Waals surface area contributed by atoms with Gasteiger partial charge < -0.3 is 4.52 Å². The Morgan fingerprint density at radius 2 is 1.57 bits per heavy atom. The quantitative estimate of drug-likeness (QED) is 0.538. The molecule has 0 aromatic carbocycles. The number of rotatable bonds is 10. The van der Waals surface area contributed by atoms with Gasteiger partial charge in [-0.25, -0.2) is 0 Å². The molecule has 0 atom stereocenters. The molecular weight excluding hydrogens is 284 g/mol. The van der Waals surface area contributed by atoms with Crippen LogP contribution in [0.3, 0.4) is 0 Å². The molecule has 0 spiro atoms. The van der Waals surface area contributed by atoms with Gasteiger partial charge in [0.25, 0.3) is 0 Å². The molecule has 1 rings (SSSR count). The summed E-state index contributed by atoms with van der Waals surface area (Å²) in [4.78, 5) is 2.64. The summed E-state index contributed by atoms with van der Waals surface area (Å²) in [6.07, 6.45) is 6.21. The second-order valence-corrected chi connectivity index (χ2v) is 8.45. The number of aromatic nitrogens is 1. The molecule has 0 aliphatic rings. The standard InChI is InChI=1S/C20H38N2O/c1-9-11-19(5,6)13-14-22(20(7,8)12-10-2)15-18-16(3)21-23-17(18)4/h9-15H2,1-8H3. The predicted molar refractivity (Wildman–Crippen MR) is 98.7 cm³/mol. The van der Waals surface area contributed by atoms with Crippen molar-refractivity contribution in [3.05, 3.63) is 17.0 Å². The fourth-order valence-electron chi connectivity index (χ4n) is 3.52. The first kappa shape index (κ1) is 20.2. The summed E-state index contributed by atoms with van der Waals surface area (Å²) in [7, 11) is 0. The highest BCUT2D eigenvalue weighted by molar-refractivity contribution is 5.20. The molecule has 0 N–H and O–H groups in total. The zero-order chi connectivity index (χ0) is 17.7. The van der Waals surface area contributed by atoms with Crippen LogP contribution >= 0.6 is 0 Å². The van der Waals surface area contributed by atoms with Crippen molar-refractivity contribution in [2.45, 2.75) is 99.6 Å². The van der Waals surface area contributed by atoms with Crippen LogP contribution in [-0.2, 0) is 6.54 Å². The van der Waals surface area contributed by atoms with E-state index in [1.165, 1.54) is 37.7 Å². The van der Waals surface area contributed by atoms with Crippen molar-refractivity contribution in [3.63, 3.8) is 0 Å². The Kier molecular flexibility index (Phi) is 7.31. The molecule has 0 unspecified atom stereocenters. The number of nitrogens with zero attached hydrogens (tertiary/aromatic N) is 2. The molecule has 0 bridgehead atoms. The number of hydrogen-bond acceptors (Lipinski definition) is 3. The van der Waals surface area contributed by atoms with Crippen molar-refractivity contribution in [2.24, 2.45) is 5.41 Å². The fourth-order valence-corrected chi connectivity index (χ4v) is 3.52. The van der Waals surface area contributed by atoms with E-state index in [2.05, 4.69) is 58.5 Å². The Bertz CT molecular complexity index is 454. The Morgan fingerprint density at radius 3 is 2.04 bits per heavy atom. The van der Waals surface area contributed by atoms with Gasteiger partial charge in [-0.2, -0.15) is 0 Å². The first-order chi connectivity index (χ1) is 10.6. The highest BCUT2D eigenvalue weighted by Crippen LogP contribution is 2.31. The minimum absolute atomic E-state index is 0.202. The molecule has 134 valence electrons. The van der Waals surface area contributed by atoms with Crippen molar-refractivity contribution in [2.75, 3.05) is 6.54 Å². The molecule has 0 saturated heterocycles. The average Bonchev–Trinajstić information content (AvgIpc) is 2.74. The van der Waals surface area contributed by atoms with Crippen molar-refractivity contribution in [1.29, 1.82) is 0 Å². The van der Waals surface area contributed by atoms with Crippen molar-refractivity contribution in [1.82, 2.24) is 10.1 Å². The van der Waals surface area contributed by atoms with Crippen LogP contribution in [0.2, 0.25) is 0 Å². The van der Waals surface area contributed by atoms with Crippen LogP contribution in [-0.4, -0.2) is 22.1 Å². The summed E-state index contributed by atoms with van der Waals surface area (Å²) < 4.78 is 5.38. The summed E-state index contributed by atoms with van der Waals surface area (Å²) in [5.41, 5.74) is 2.91. The first-order valence-corrected chi connectivity index (χ1v) is 9.29. The van der Waals surface area contributed by atoms with E-state index in [4.69, 9.17) is 4.52 Å². The molecule has 23 heavy (non-hydrogen) atoms. The molecule has 0 saturated carbocycles. The Balaban J connectivity index is 2.90. The highest BCUT2D eigenvalue weighted by atomic mass is 16.5. The SMILES string of the molecule is CCCC(C)(C)CCN(Cc1c(C)noc1C)C(C)(C)CCC. The first-order valence-electron chi connectivity index (χ1n) is 9.29. The molecule has 0 aliphatic carbocycles. The van der Waals surface area contributed by atoms with Crippen LogP contribution in [0, 0.1) is 19.3 Å². The second kappa shape index (κ2) is 8.32. The van der Waals surface area contributed by atoms with Crippen molar-refractivity contribution >= 4 is 0 Å². The minimum atomic E-state index is 0.202. The third kappa shape index (κ3) is 5.95. The summed E-state index contributed by atoms with van der Waals surface area (Å²) in [5.74, 6) is 0.965. The van der Waals surface area contributed by atoms with Crippen molar-refractivity contribution in [3.8, 4) is 0 Å². The van der Waals surface area contributed by atoms with Gasteiger partial charge in [-0.15, -0.1) is 0 Å². The third-order valence-electron chi connectivity index (χ3n) is 5.23. The average molecular weight is 323 g/mol. The number of hydrogen-bond donors (Lipinski definition) is 0. The summed E-state index contributed by atoms with van der Waals surface area (Å²) >= 11 is 0. The van der Waals surface area contributed by atoms with E-state index < -0.39 is 0 Å². The van der Waals surface area contributed by atoms with Gasteiger partial charge in [-0.1, -0.05) is 45.7 Å². The van der Waals surface area contributed by atoms with E-state index in [0.29, 0.717) is 5.41 Å². The van der Waals surface area contributed by atoms with Crippen LogP contribution in [0.25, 0.3) is 0 Å². The fraction of sp³-hybridized carbons (Fsp3) is 0.850. The Hall–Kier alpha value is -0.830. The van der Waals surface area contributed by atoms with Crippen LogP contribution in [0.15, 0.2) is 4.52 Å². The lowest BCUT2D eigenvalue weighted by Crippen LogP contribution is -2.45. The zero-order valence-corrected chi connectivity index (χ0v) is 16.8. The predicted octanol–water partition coefficient (Wildman–Crippen LogP) is 5.89. The Morgan fingerprint density at radius 1 is 0.957 bits per heavy atom. The normalized spacial score (nSPS) is 13.1. The van der Waals surface area contributed by atoms with Gasteiger partial charge in [0.1, 0.15) is 5.76 Å². The maximum atomic E-state index is 5.38. The molecular formula is C20H38N2O. The van der Waals surface area contributed by atoms with E-state index in [9.17, 15) is 0 Å². The molecule has 0 fully saturated rings. The van der Waals surface area contributed by atoms with Crippen LogP contribution in [0.1, 0.15) is 90.7 Å². The maximum Gasteiger partial charge on any atom is 0.138 e. The lowest BCUT2D eigenvalue weighted by atomic mass is 9.83. The van der Waals surface area contributed by atoms with Gasteiger partial charge in [0.05, 0.1) is 5.69 Å². The smallest absolute Gasteiger partial charge is 0.138 e.